The van der Waals surface area contributed by atoms with Crippen LogP contribution in [0, 0.1) is 5.92 Å². The van der Waals surface area contributed by atoms with Gasteiger partial charge in [0.25, 0.3) is 5.91 Å². The van der Waals surface area contributed by atoms with Crippen LogP contribution in [0.5, 0.6) is 0 Å². The molecule has 0 aromatic heterocycles. The molecule has 3 aliphatic rings. The van der Waals surface area contributed by atoms with Crippen molar-refractivity contribution < 1.29 is 19.0 Å². The number of carbonyl (C=O) groups excluding carboxylic acids is 1. The standard InChI is InChI=1S/C37H56ClN5O4/c1-8-11-13-34(42-20-22-43(23-21-42)35(44)46-30(10-3)12-9-2)31-17-16-29(38)24-32(31)27(4)33(18-19-40-26-39-7)41-37(25-45-37)47-36(5,6)28-14-15-28/h8,11,16-19,24,26,28,30,33-34,41H,4,9-10,12-15,20-23,25H2,1-3,5-7H3,(H,39,40)/b11-8-,19-18+. The highest BCUT2D eigenvalue weighted by molar-refractivity contribution is 6.30. The monoisotopic (exact) mass is 669 g/mol. The first kappa shape index (κ1) is 37.1. The van der Waals surface area contributed by atoms with E-state index in [9.17, 15) is 4.79 Å². The van der Waals surface area contributed by atoms with E-state index >= 15 is 0 Å². The largest absolute Gasteiger partial charge is 0.446 e. The molecule has 2 heterocycles. The number of aliphatic imine (C=N–C) groups is 1. The predicted octanol–water partition coefficient (Wildman–Crippen LogP) is 7.30. The lowest BCUT2D eigenvalue weighted by molar-refractivity contribution is -0.162. The van der Waals surface area contributed by atoms with Crippen molar-refractivity contribution in [1.29, 1.82) is 0 Å². The molecule has 1 aromatic carbocycles. The smallest absolute Gasteiger partial charge is 0.410 e. The summed E-state index contributed by atoms with van der Waals surface area (Å²) in [4.78, 5) is 21.3. The van der Waals surface area contributed by atoms with Crippen LogP contribution in [0.25, 0.3) is 5.57 Å². The topological polar surface area (TPSA) is 91.0 Å². The lowest BCUT2D eigenvalue weighted by atomic mass is 9.89. The van der Waals surface area contributed by atoms with Gasteiger partial charge in [-0.2, -0.15) is 0 Å². The van der Waals surface area contributed by atoms with Crippen molar-refractivity contribution in [2.24, 2.45) is 10.9 Å². The zero-order chi connectivity index (χ0) is 34.0. The third kappa shape index (κ3) is 10.4. The quantitative estimate of drug-likeness (QED) is 0.0557. The van der Waals surface area contributed by atoms with Crippen LogP contribution in [0.1, 0.15) is 90.3 Å². The van der Waals surface area contributed by atoms with Crippen molar-refractivity contribution in [2.45, 2.75) is 103 Å². The molecule has 0 radical (unpaired) electrons. The molecule has 2 aliphatic heterocycles. The van der Waals surface area contributed by atoms with E-state index in [0.717, 1.165) is 55.5 Å². The van der Waals surface area contributed by atoms with Gasteiger partial charge in [0.2, 0.25) is 0 Å². The third-order valence-corrected chi connectivity index (χ3v) is 9.63. The Kier molecular flexibility index (Phi) is 13.5. The molecule has 260 valence electrons. The van der Waals surface area contributed by atoms with Gasteiger partial charge in [-0.3, -0.25) is 15.2 Å². The average Bonchev–Trinajstić information content (AvgIpc) is 4.00. The molecule has 1 aromatic rings. The Bertz CT molecular complexity index is 1280. The third-order valence-electron chi connectivity index (χ3n) is 9.40. The van der Waals surface area contributed by atoms with Gasteiger partial charge < -0.3 is 24.4 Å². The fourth-order valence-corrected chi connectivity index (χ4v) is 6.56. The first-order valence-electron chi connectivity index (χ1n) is 17.3. The first-order valence-corrected chi connectivity index (χ1v) is 17.7. The SMILES string of the molecule is C=C(c1cc(Cl)ccc1C(C/C=C\C)N1CCN(C(=O)OC(CC)CCC)CC1)C(/C=C/NC=NC)NC1(OC(C)(C)C2CC2)CO1. The second kappa shape index (κ2) is 17.1. The van der Waals surface area contributed by atoms with Crippen LogP contribution in [0.4, 0.5) is 4.79 Å². The Balaban J connectivity index is 1.57. The summed E-state index contributed by atoms with van der Waals surface area (Å²) < 4.78 is 18.4. The molecule has 3 fully saturated rings. The highest BCUT2D eigenvalue weighted by atomic mass is 35.5. The van der Waals surface area contributed by atoms with Crippen LogP contribution in [0.2, 0.25) is 5.02 Å². The number of halogens is 1. The Hall–Kier alpha value is -2.69. The zero-order valence-corrected chi connectivity index (χ0v) is 30.0. The van der Waals surface area contributed by atoms with E-state index < -0.39 is 5.91 Å². The predicted molar refractivity (Wildman–Crippen MR) is 191 cm³/mol. The minimum Gasteiger partial charge on any atom is -0.446 e. The first-order chi connectivity index (χ1) is 22.6. The number of nitrogens with one attached hydrogen (secondary N) is 2. The van der Waals surface area contributed by atoms with Crippen LogP contribution in [0.15, 0.2) is 54.2 Å². The molecule has 1 saturated carbocycles. The molecular formula is C37H56ClN5O4. The van der Waals surface area contributed by atoms with Crippen molar-refractivity contribution in [1.82, 2.24) is 20.4 Å². The van der Waals surface area contributed by atoms with E-state index in [2.05, 4.69) is 73.0 Å². The maximum Gasteiger partial charge on any atom is 0.410 e. The average molecular weight is 670 g/mol. The van der Waals surface area contributed by atoms with Crippen molar-refractivity contribution in [3.63, 3.8) is 0 Å². The number of allylic oxidation sites excluding steroid dienone is 1. The Labute approximate surface area is 287 Å². The molecule has 47 heavy (non-hydrogen) atoms. The summed E-state index contributed by atoms with van der Waals surface area (Å²) in [6.45, 7) is 18.3. The number of benzene rings is 1. The van der Waals surface area contributed by atoms with Gasteiger partial charge in [-0.15, -0.1) is 0 Å². The van der Waals surface area contributed by atoms with Crippen LogP contribution in [-0.2, 0) is 14.2 Å². The summed E-state index contributed by atoms with van der Waals surface area (Å²) >= 11 is 6.67. The van der Waals surface area contributed by atoms with E-state index in [0.29, 0.717) is 30.6 Å². The minimum atomic E-state index is -0.884. The maximum atomic E-state index is 13.0. The molecular weight excluding hydrogens is 614 g/mol. The number of carbonyl (C=O) groups is 1. The summed E-state index contributed by atoms with van der Waals surface area (Å²) in [7, 11) is 1.72. The van der Waals surface area contributed by atoms with Gasteiger partial charge in [-0.05, 0) is 99.9 Å². The lowest BCUT2D eigenvalue weighted by Gasteiger charge is -2.40. The molecule has 4 rings (SSSR count). The number of nitrogens with zero attached hydrogens (tertiary/aromatic N) is 3. The van der Waals surface area contributed by atoms with E-state index in [1.54, 1.807) is 13.4 Å². The second-order valence-electron chi connectivity index (χ2n) is 13.4. The number of rotatable bonds is 18. The van der Waals surface area contributed by atoms with Crippen LogP contribution in [-0.4, -0.2) is 85.7 Å². The minimum absolute atomic E-state index is 0.0268. The van der Waals surface area contributed by atoms with Gasteiger partial charge in [0, 0.05) is 44.3 Å². The number of amides is 1. The van der Waals surface area contributed by atoms with Crippen molar-refractivity contribution in [3.05, 3.63) is 65.4 Å². The molecule has 4 unspecified atom stereocenters. The Morgan fingerprint density at radius 1 is 1.26 bits per heavy atom. The van der Waals surface area contributed by atoms with E-state index in [4.69, 9.17) is 25.8 Å². The second-order valence-corrected chi connectivity index (χ2v) is 13.8. The number of hydrogen-bond acceptors (Lipinski definition) is 7. The Morgan fingerprint density at radius 3 is 2.57 bits per heavy atom. The molecule has 2 saturated heterocycles. The van der Waals surface area contributed by atoms with E-state index in [1.807, 2.05) is 36.2 Å². The summed E-state index contributed by atoms with van der Waals surface area (Å²) in [5.74, 6) is -0.353. The summed E-state index contributed by atoms with van der Waals surface area (Å²) in [6, 6.07) is 5.81. The van der Waals surface area contributed by atoms with Crippen molar-refractivity contribution in [3.8, 4) is 0 Å². The fourth-order valence-electron chi connectivity index (χ4n) is 6.39. The van der Waals surface area contributed by atoms with Crippen LogP contribution < -0.4 is 10.6 Å². The van der Waals surface area contributed by atoms with Gasteiger partial charge in [0.05, 0.1) is 18.0 Å². The molecule has 1 amide bonds. The van der Waals surface area contributed by atoms with E-state index in [-0.39, 0.29) is 29.9 Å². The van der Waals surface area contributed by atoms with Crippen LogP contribution in [0.3, 0.4) is 0 Å². The molecule has 1 aliphatic carbocycles. The maximum absolute atomic E-state index is 13.0. The molecule has 0 spiro atoms. The molecule has 0 bridgehead atoms. The Morgan fingerprint density at radius 2 is 1.98 bits per heavy atom. The molecule has 2 N–H and O–H groups in total. The van der Waals surface area contributed by atoms with Crippen LogP contribution >= 0.6 is 11.6 Å². The highest BCUT2D eigenvalue weighted by Gasteiger charge is 2.54. The van der Waals surface area contributed by atoms with Crippen molar-refractivity contribution >= 4 is 29.6 Å². The number of piperazine rings is 1. The molecule has 10 heteroatoms. The zero-order valence-electron chi connectivity index (χ0n) is 29.3. The number of ether oxygens (including phenoxy) is 3. The summed E-state index contributed by atoms with van der Waals surface area (Å²) in [5, 5.41) is 7.37. The number of epoxide rings is 1. The highest BCUT2D eigenvalue weighted by Crippen LogP contribution is 2.46. The lowest BCUT2D eigenvalue weighted by Crippen LogP contribution is -2.50. The molecule has 4 atom stereocenters. The molecule has 9 nitrogen and oxygen atoms in total. The van der Waals surface area contributed by atoms with Gasteiger partial charge >= 0.3 is 6.09 Å². The van der Waals surface area contributed by atoms with Gasteiger partial charge in [0.1, 0.15) is 12.7 Å². The van der Waals surface area contributed by atoms with Crippen molar-refractivity contribution in [2.75, 3.05) is 39.8 Å². The summed E-state index contributed by atoms with van der Waals surface area (Å²) in [5.41, 5.74) is 2.66. The summed E-state index contributed by atoms with van der Waals surface area (Å²) in [6.07, 6.45) is 15.4. The van der Waals surface area contributed by atoms with Gasteiger partial charge in [0.15, 0.2) is 0 Å². The fraction of sp³-hybridized carbons (Fsp3) is 0.622. The van der Waals surface area contributed by atoms with E-state index in [1.165, 1.54) is 12.8 Å². The number of hydrogen-bond donors (Lipinski definition) is 2. The van der Waals surface area contributed by atoms with Gasteiger partial charge in [-0.25, -0.2) is 4.79 Å². The van der Waals surface area contributed by atoms with Gasteiger partial charge in [-0.1, -0.05) is 56.7 Å². The normalized spacial score (nSPS) is 22.6.